The van der Waals surface area contributed by atoms with E-state index >= 15 is 0 Å². The van der Waals surface area contributed by atoms with Gasteiger partial charge in [-0.1, -0.05) is 12.1 Å². The van der Waals surface area contributed by atoms with Gasteiger partial charge in [-0.15, -0.1) is 0 Å². The average molecular weight is 266 g/mol. The molecule has 6 nitrogen and oxygen atoms in total. The van der Waals surface area contributed by atoms with Crippen molar-refractivity contribution in [3.63, 3.8) is 0 Å². The molecule has 1 aromatic rings. The molecular formula is C13H18N2O4. The SMILES string of the molecule is NC(=O)C1CCOc2c(CNCCO)cccc2O1. The predicted octanol–water partition coefficient (Wildman–Crippen LogP) is -0.216. The van der Waals surface area contributed by atoms with Gasteiger partial charge in [-0.3, -0.25) is 4.79 Å². The number of nitrogens with two attached hydrogens (primary N) is 1. The number of primary amides is 1. The molecule has 0 saturated heterocycles. The van der Waals surface area contributed by atoms with E-state index < -0.39 is 12.0 Å². The Bertz CT molecular complexity index is 450. The molecule has 1 aliphatic heterocycles. The first-order chi connectivity index (χ1) is 9.22. The molecule has 1 unspecified atom stereocenters. The molecule has 1 aromatic carbocycles. The van der Waals surface area contributed by atoms with Crippen molar-refractivity contribution in [2.45, 2.75) is 19.1 Å². The Morgan fingerprint density at radius 2 is 2.37 bits per heavy atom. The number of fused-ring (bicyclic) bond motifs is 1. The third-order valence-corrected chi connectivity index (χ3v) is 2.88. The Hall–Kier alpha value is -1.79. The van der Waals surface area contributed by atoms with Crippen LogP contribution in [0.5, 0.6) is 11.5 Å². The minimum absolute atomic E-state index is 0.0795. The number of para-hydroxylation sites is 1. The number of amides is 1. The zero-order chi connectivity index (χ0) is 13.7. The van der Waals surface area contributed by atoms with Crippen LogP contribution in [-0.2, 0) is 11.3 Å². The van der Waals surface area contributed by atoms with Gasteiger partial charge >= 0.3 is 0 Å². The number of aliphatic hydroxyl groups excluding tert-OH is 1. The van der Waals surface area contributed by atoms with Crippen molar-refractivity contribution in [3.8, 4) is 11.5 Å². The van der Waals surface area contributed by atoms with Gasteiger partial charge in [0.1, 0.15) is 0 Å². The van der Waals surface area contributed by atoms with Gasteiger partial charge in [0.25, 0.3) is 5.91 Å². The van der Waals surface area contributed by atoms with E-state index in [9.17, 15) is 4.79 Å². The second-order valence-corrected chi connectivity index (χ2v) is 4.29. The highest BCUT2D eigenvalue weighted by molar-refractivity contribution is 5.79. The lowest BCUT2D eigenvalue weighted by Gasteiger charge is -2.14. The maximum absolute atomic E-state index is 11.2. The molecule has 2 rings (SSSR count). The molecule has 1 atom stereocenters. The van der Waals surface area contributed by atoms with Gasteiger partial charge in [0.05, 0.1) is 13.2 Å². The van der Waals surface area contributed by atoms with Crippen LogP contribution in [0.2, 0.25) is 0 Å². The Morgan fingerprint density at radius 3 is 3.11 bits per heavy atom. The third kappa shape index (κ3) is 3.36. The van der Waals surface area contributed by atoms with Crippen LogP contribution >= 0.6 is 0 Å². The van der Waals surface area contributed by atoms with Crippen LogP contribution in [0, 0.1) is 0 Å². The fourth-order valence-electron chi connectivity index (χ4n) is 1.94. The number of aliphatic hydroxyl groups is 1. The standard InChI is InChI=1S/C13H18N2O4/c14-13(17)11-4-7-18-12-9(8-15-5-6-16)2-1-3-10(12)19-11/h1-3,11,15-16H,4-8H2,(H2,14,17). The van der Waals surface area contributed by atoms with E-state index in [0.29, 0.717) is 37.6 Å². The second-order valence-electron chi connectivity index (χ2n) is 4.29. The molecule has 4 N–H and O–H groups in total. The fraction of sp³-hybridized carbons (Fsp3) is 0.462. The predicted molar refractivity (Wildman–Crippen MR) is 69.0 cm³/mol. The summed E-state index contributed by atoms with van der Waals surface area (Å²) in [5.74, 6) is 0.682. The summed E-state index contributed by atoms with van der Waals surface area (Å²) in [6.07, 6.45) is -0.213. The third-order valence-electron chi connectivity index (χ3n) is 2.88. The first-order valence-electron chi connectivity index (χ1n) is 6.24. The van der Waals surface area contributed by atoms with Crippen molar-refractivity contribution in [1.82, 2.24) is 5.32 Å². The molecule has 0 radical (unpaired) electrons. The second kappa shape index (κ2) is 6.40. The topological polar surface area (TPSA) is 93.8 Å². The molecule has 19 heavy (non-hydrogen) atoms. The maximum atomic E-state index is 11.2. The van der Waals surface area contributed by atoms with Gasteiger partial charge in [-0.2, -0.15) is 0 Å². The minimum Gasteiger partial charge on any atom is -0.489 e. The highest BCUT2D eigenvalue weighted by atomic mass is 16.5. The summed E-state index contributed by atoms with van der Waals surface area (Å²) in [5.41, 5.74) is 6.20. The fourth-order valence-corrected chi connectivity index (χ4v) is 1.94. The molecule has 0 bridgehead atoms. The van der Waals surface area contributed by atoms with Gasteiger partial charge < -0.3 is 25.6 Å². The maximum Gasteiger partial charge on any atom is 0.258 e. The normalized spacial score (nSPS) is 17.8. The number of carbonyl (C=O) groups is 1. The van der Waals surface area contributed by atoms with Crippen LogP contribution in [-0.4, -0.2) is 36.9 Å². The van der Waals surface area contributed by atoms with E-state index in [0.717, 1.165) is 5.56 Å². The molecule has 0 aromatic heterocycles. The number of ether oxygens (including phenoxy) is 2. The van der Waals surface area contributed by atoms with Crippen LogP contribution in [0.15, 0.2) is 18.2 Å². The van der Waals surface area contributed by atoms with Crippen molar-refractivity contribution in [1.29, 1.82) is 0 Å². The lowest BCUT2D eigenvalue weighted by molar-refractivity contribution is -0.124. The molecule has 1 amide bonds. The number of carbonyl (C=O) groups excluding carboxylic acids is 1. The molecule has 0 spiro atoms. The first kappa shape index (κ1) is 13.6. The number of benzene rings is 1. The highest BCUT2D eigenvalue weighted by Crippen LogP contribution is 2.34. The molecule has 104 valence electrons. The highest BCUT2D eigenvalue weighted by Gasteiger charge is 2.24. The Labute approximate surface area is 111 Å². The van der Waals surface area contributed by atoms with E-state index in [2.05, 4.69) is 5.32 Å². The molecule has 1 heterocycles. The summed E-state index contributed by atoms with van der Waals surface area (Å²) in [4.78, 5) is 11.2. The lowest BCUT2D eigenvalue weighted by atomic mass is 10.2. The molecule has 0 aliphatic carbocycles. The summed E-state index contributed by atoms with van der Waals surface area (Å²) >= 11 is 0. The zero-order valence-corrected chi connectivity index (χ0v) is 10.6. The number of nitrogens with one attached hydrogen (secondary N) is 1. The number of hydrogen-bond acceptors (Lipinski definition) is 5. The Balaban J connectivity index is 2.17. The summed E-state index contributed by atoms with van der Waals surface area (Å²) in [6.45, 7) is 1.54. The van der Waals surface area contributed by atoms with Crippen molar-refractivity contribution < 1.29 is 19.4 Å². The van der Waals surface area contributed by atoms with Crippen LogP contribution in [0.25, 0.3) is 0 Å². The van der Waals surface area contributed by atoms with Gasteiger partial charge in [0, 0.05) is 25.1 Å². The molecule has 1 aliphatic rings. The largest absolute Gasteiger partial charge is 0.489 e. The lowest BCUT2D eigenvalue weighted by Crippen LogP contribution is -2.33. The molecule has 0 saturated carbocycles. The molecular weight excluding hydrogens is 248 g/mol. The van der Waals surface area contributed by atoms with E-state index in [1.807, 2.05) is 12.1 Å². The average Bonchev–Trinajstić information content (AvgIpc) is 2.62. The van der Waals surface area contributed by atoms with E-state index in [1.54, 1.807) is 6.07 Å². The van der Waals surface area contributed by atoms with E-state index in [4.69, 9.17) is 20.3 Å². The summed E-state index contributed by atoms with van der Waals surface area (Å²) in [7, 11) is 0. The van der Waals surface area contributed by atoms with Gasteiger partial charge in [0.15, 0.2) is 17.6 Å². The van der Waals surface area contributed by atoms with Gasteiger partial charge in [-0.05, 0) is 6.07 Å². The van der Waals surface area contributed by atoms with Crippen LogP contribution in [0.4, 0.5) is 0 Å². The monoisotopic (exact) mass is 266 g/mol. The zero-order valence-electron chi connectivity index (χ0n) is 10.6. The first-order valence-corrected chi connectivity index (χ1v) is 6.24. The number of hydrogen-bond donors (Lipinski definition) is 3. The van der Waals surface area contributed by atoms with Crippen molar-refractivity contribution in [2.75, 3.05) is 19.8 Å². The van der Waals surface area contributed by atoms with Crippen LogP contribution in [0.1, 0.15) is 12.0 Å². The summed E-state index contributed by atoms with van der Waals surface area (Å²) < 4.78 is 11.2. The van der Waals surface area contributed by atoms with Crippen molar-refractivity contribution >= 4 is 5.91 Å². The van der Waals surface area contributed by atoms with E-state index in [1.165, 1.54) is 0 Å². The summed E-state index contributed by atoms with van der Waals surface area (Å²) in [6, 6.07) is 5.50. The van der Waals surface area contributed by atoms with Crippen LogP contribution in [0.3, 0.4) is 0 Å². The number of rotatable bonds is 5. The van der Waals surface area contributed by atoms with Gasteiger partial charge in [0.2, 0.25) is 0 Å². The quantitative estimate of drug-likeness (QED) is 0.641. The minimum atomic E-state index is -0.651. The Kier molecular flexibility index (Phi) is 4.59. The molecule has 6 heteroatoms. The van der Waals surface area contributed by atoms with Crippen LogP contribution < -0.4 is 20.5 Å². The summed E-state index contributed by atoms with van der Waals surface area (Å²) in [5, 5.41) is 11.8. The van der Waals surface area contributed by atoms with Crippen molar-refractivity contribution in [3.05, 3.63) is 23.8 Å². The molecule has 0 fully saturated rings. The smallest absolute Gasteiger partial charge is 0.258 e. The van der Waals surface area contributed by atoms with Gasteiger partial charge in [-0.25, -0.2) is 0 Å². The van der Waals surface area contributed by atoms with E-state index in [-0.39, 0.29) is 6.61 Å². The van der Waals surface area contributed by atoms with Crippen molar-refractivity contribution in [2.24, 2.45) is 5.73 Å². The Morgan fingerprint density at radius 1 is 1.53 bits per heavy atom.